The molecule has 2 heterocycles. The zero-order chi connectivity index (χ0) is 15.7. The van der Waals surface area contributed by atoms with Gasteiger partial charge in [-0.2, -0.15) is 5.10 Å². The molecule has 1 N–H and O–H groups in total. The number of carbonyl (C=O) groups excluding carboxylic acids is 1. The quantitative estimate of drug-likeness (QED) is 0.877. The number of aliphatic hydroxyl groups excluding tert-OH is 1. The lowest BCUT2D eigenvalue weighted by Gasteiger charge is -2.34. The minimum atomic E-state index is -0.373. The summed E-state index contributed by atoms with van der Waals surface area (Å²) >= 11 is 0. The van der Waals surface area contributed by atoms with Gasteiger partial charge in [-0.25, -0.2) is 4.68 Å². The van der Waals surface area contributed by atoms with E-state index in [2.05, 4.69) is 5.10 Å². The third-order valence-corrected chi connectivity index (χ3v) is 3.91. The lowest BCUT2D eigenvalue weighted by molar-refractivity contribution is -0.135. The molecule has 1 aromatic carbocycles. The van der Waals surface area contributed by atoms with Gasteiger partial charge in [0.05, 0.1) is 17.5 Å². The Morgan fingerprint density at radius 3 is 2.59 bits per heavy atom. The maximum atomic E-state index is 11.9. The summed E-state index contributed by atoms with van der Waals surface area (Å²) in [6, 6.07) is 9.91. The van der Waals surface area contributed by atoms with E-state index in [4.69, 9.17) is 0 Å². The Kier molecular flexibility index (Phi) is 3.81. The van der Waals surface area contributed by atoms with Crippen LogP contribution in [0.2, 0.25) is 0 Å². The van der Waals surface area contributed by atoms with Gasteiger partial charge in [0.25, 0.3) is 0 Å². The van der Waals surface area contributed by atoms with Crippen molar-refractivity contribution < 1.29 is 9.90 Å². The van der Waals surface area contributed by atoms with Crippen molar-refractivity contribution in [3.05, 3.63) is 53.4 Å². The zero-order valence-electron chi connectivity index (χ0n) is 12.7. The average molecular weight is 297 g/mol. The van der Waals surface area contributed by atoms with Crippen molar-refractivity contribution in [2.45, 2.75) is 20.0 Å². The van der Waals surface area contributed by atoms with E-state index in [0.717, 1.165) is 22.6 Å². The van der Waals surface area contributed by atoms with Crippen molar-refractivity contribution in [3.8, 4) is 5.69 Å². The number of aromatic nitrogens is 2. The van der Waals surface area contributed by atoms with Crippen LogP contribution in [-0.4, -0.2) is 44.9 Å². The number of β-amino-alcohol motifs (C(OH)–C–C–N with tert-alkyl or cyclic N) is 1. The molecule has 1 amide bonds. The Hall–Kier alpha value is -2.40. The Morgan fingerprint density at radius 1 is 1.27 bits per heavy atom. The van der Waals surface area contributed by atoms with Crippen molar-refractivity contribution in [3.63, 3.8) is 0 Å². The molecule has 0 saturated carbocycles. The minimum Gasteiger partial charge on any atom is -0.389 e. The van der Waals surface area contributed by atoms with Gasteiger partial charge < -0.3 is 10.0 Å². The second kappa shape index (κ2) is 5.77. The summed E-state index contributed by atoms with van der Waals surface area (Å²) in [5.74, 6) is -0.0726. The molecule has 1 saturated heterocycles. The maximum Gasteiger partial charge on any atom is 0.246 e. The lowest BCUT2D eigenvalue weighted by atomic mass is 10.1. The molecule has 22 heavy (non-hydrogen) atoms. The van der Waals surface area contributed by atoms with Crippen molar-refractivity contribution in [2.75, 3.05) is 13.1 Å². The molecule has 2 aromatic rings. The van der Waals surface area contributed by atoms with Crippen LogP contribution >= 0.6 is 0 Å². The van der Waals surface area contributed by atoms with Crippen LogP contribution in [0.5, 0.6) is 0 Å². The molecule has 1 aromatic heterocycles. The van der Waals surface area contributed by atoms with E-state index in [0.29, 0.717) is 13.1 Å². The Bertz CT molecular complexity index is 713. The molecule has 0 unspecified atom stereocenters. The highest BCUT2D eigenvalue weighted by Crippen LogP contribution is 2.19. The molecule has 1 fully saturated rings. The molecule has 5 nitrogen and oxygen atoms in total. The molecule has 5 heteroatoms. The van der Waals surface area contributed by atoms with Crippen LogP contribution in [-0.2, 0) is 4.79 Å². The molecule has 0 aliphatic carbocycles. The highest BCUT2D eigenvalue weighted by Gasteiger charge is 2.27. The SMILES string of the molecule is Cc1nn(-c2ccccc2)c(C)c1/C=C/C(=O)N1CC(O)C1. The average Bonchev–Trinajstić information content (AvgIpc) is 2.77. The van der Waals surface area contributed by atoms with Crippen molar-refractivity contribution in [2.24, 2.45) is 0 Å². The Balaban J connectivity index is 1.83. The van der Waals surface area contributed by atoms with Crippen LogP contribution in [0, 0.1) is 13.8 Å². The zero-order valence-corrected chi connectivity index (χ0v) is 12.7. The van der Waals surface area contributed by atoms with E-state index < -0.39 is 0 Å². The van der Waals surface area contributed by atoms with Crippen LogP contribution in [0.4, 0.5) is 0 Å². The second-order valence-corrected chi connectivity index (χ2v) is 5.56. The molecule has 0 bridgehead atoms. The predicted octanol–water partition coefficient (Wildman–Crippen LogP) is 1.71. The first-order valence-corrected chi connectivity index (χ1v) is 7.33. The summed E-state index contributed by atoms with van der Waals surface area (Å²) in [6.07, 6.45) is 2.99. The Labute approximate surface area is 129 Å². The maximum absolute atomic E-state index is 11.9. The van der Waals surface area contributed by atoms with E-state index in [1.807, 2.05) is 54.9 Å². The third-order valence-electron chi connectivity index (χ3n) is 3.91. The van der Waals surface area contributed by atoms with Gasteiger partial charge in [0.15, 0.2) is 0 Å². The highest BCUT2D eigenvalue weighted by atomic mass is 16.3. The summed E-state index contributed by atoms with van der Waals surface area (Å²) in [5, 5.41) is 13.8. The van der Waals surface area contributed by atoms with Crippen LogP contribution < -0.4 is 0 Å². The first-order valence-electron chi connectivity index (χ1n) is 7.33. The Morgan fingerprint density at radius 2 is 1.95 bits per heavy atom. The minimum absolute atomic E-state index is 0.0726. The summed E-state index contributed by atoms with van der Waals surface area (Å²) in [6.45, 7) is 4.77. The van der Waals surface area contributed by atoms with E-state index in [9.17, 15) is 9.90 Å². The molecule has 1 aliphatic heterocycles. The molecule has 0 radical (unpaired) electrons. The number of nitrogens with zero attached hydrogens (tertiary/aromatic N) is 3. The van der Waals surface area contributed by atoms with E-state index in [1.54, 1.807) is 11.0 Å². The predicted molar refractivity (Wildman–Crippen MR) is 84.7 cm³/mol. The van der Waals surface area contributed by atoms with E-state index in [1.165, 1.54) is 0 Å². The monoisotopic (exact) mass is 297 g/mol. The number of hydrogen-bond donors (Lipinski definition) is 1. The van der Waals surface area contributed by atoms with Gasteiger partial charge in [0.2, 0.25) is 5.91 Å². The largest absolute Gasteiger partial charge is 0.389 e. The normalized spacial score (nSPS) is 15.3. The fourth-order valence-electron chi connectivity index (χ4n) is 2.61. The first kappa shape index (κ1) is 14.5. The van der Waals surface area contributed by atoms with Crippen molar-refractivity contribution in [1.29, 1.82) is 0 Å². The molecule has 114 valence electrons. The second-order valence-electron chi connectivity index (χ2n) is 5.56. The number of benzene rings is 1. The summed E-state index contributed by atoms with van der Waals surface area (Å²) in [7, 11) is 0. The van der Waals surface area contributed by atoms with Crippen LogP contribution in [0.25, 0.3) is 11.8 Å². The van der Waals surface area contributed by atoms with Crippen LogP contribution in [0.3, 0.4) is 0 Å². The van der Waals surface area contributed by atoms with Crippen LogP contribution in [0.15, 0.2) is 36.4 Å². The molecular formula is C17H19N3O2. The molecule has 0 atom stereocenters. The number of aryl methyl sites for hydroxylation is 1. The number of rotatable bonds is 3. The number of likely N-dealkylation sites (tertiary alicyclic amines) is 1. The van der Waals surface area contributed by atoms with Gasteiger partial charge in [0.1, 0.15) is 0 Å². The van der Waals surface area contributed by atoms with Gasteiger partial charge in [-0.3, -0.25) is 4.79 Å². The van der Waals surface area contributed by atoms with Crippen LogP contribution in [0.1, 0.15) is 17.0 Å². The van der Waals surface area contributed by atoms with Gasteiger partial charge in [-0.1, -0.05) is 18.2 Å². The topological polar surface area (TPSA) is 58.4 Å². The molecule has 1 aliphatic rings. The number of carbonyl (C=O) groups is 1. The van der Waals surface area contributed by atoms with Gasteiger partial charge >= 0.3 is 0 Å². The highest BCUT2D eigenvalue weighted by molar-refractivity contribution is 5.92. The standard InChI is InChI=1S/C17H19N3O2/c1-12-16(8-9-17(22)19-10-15(21)11-19)13(2)20(18-12)14-6-4-3-5-7-14/h3-9,15,21H,10-11H2,1-2H3/b9-8+. The smallest absolute Gasteiger partial charge is 0.246 e. The number of para-hydroxylation sites is 1. The summed E-state index contributed by atoms with van der Waals surface area (Å²) < 4.78 is 1.88. The van der Waals surface area contributed by atoms with E-state index in [-0.39, 0.29) is 12.0 Å². The van der Waals surface area contributed by atoms with Gasteiger partial charge in [-0.05, 0) is 32.1 Å². The summed E-state index contributed by atoms with van der Waals surface area (Å²) in [5.41, 5.74) is 3.84. The van der Waals surface area contributed by atoms with Gasteiger partial charge in [-0.15, -0.1) is 0 Å². The number of amides is 1. The van der Waals surface area contributed by atoms with Gasteiger partial charge in [0, 0.05) is 30.4 Å². The fourth-order valence-corrected chi connectivity index (χ4v) is 2.61. The number of aliphatic hydroxyl groups is 1. The lowest BCUT2D eigenvalue weighted by Crippen LogP contribution is -2.52. The first-order chi connectivity index (χ1) is 10.6. The van der Waals surface area contributed by atoms with Crippen molar-refractivity contribution >= 4 is 12.0 Å². The molecule has 3 rings (SSSR count). The number of hydrogen-bond acceptors (Lipinski definition) is 3. The van der Waals surface area contributed by atoms with E-state index >= 15 is 0 Å². The fraction of sp³-hybridized carbons (Fsp3) is 0.294. The summed E-state index contributed by atoms with van der Waals surface area (Å²) in [4.78, 5) is 13.6. The molecule has 0 spiro atoms. The van der Waals surface area contributed by atoms with Crippen molar-refractivity contribution in [1.82, 2.24) is 14.7 Å². The third kappa shape index (κ3) is 2.67. The molecular weight excluding hydrogens is 278 g/mol.